The van der Waals surface area contributed by atoms with Crippen LogP contribution in [0.2, 0.25) is 23.2 Å². The molecule has 0 aliphatic carbocycles. The molecule has 0 spiro atoms. The summed E-state index contributed by atoms with van der Waals surface area (Å²) in [5.74, 6) is -0.995. The van der Waals surface area contributed by atoms with E-state index in [0.29, 0.717) is 66.6 Å². The van der Waals surface area contributed by atoms with E-state index < -0.39 is 31.7 Å². The van der Waals surface area contributed by atoms with E-state index in [0.717, 1.165) is 38.9 Å². The highest BCUT2D eigenvalue weighted by molar-refractivity contribution is 6.74. The van der Waals surface area contributed by atoms with Crippen LogP contribution in [0.1, 0.15) is 52.9 Å². The summed E-state index contributed by atoms with van der Waals surface area (Å²) in [4.78, 5) is 35.8. The monoisotopic (exact) mass is 849 g/mol. The predicted octanol–water partition coefficient (Wildman–Crippen LogP) is 8.42. The van der Waals surface area contributed by atoms with Crippen molar-refractivity contribution in [2.24, 2.45) is 0 Å². The van der Waals surface area contributed by atoms with Crippen molar-refractivity contribution in [2.45, 2.75) is 94.8 Å². The van der Waals surface area contributed by atoms with Gasteiger partial charge in [-0.3, -0.25) is 19.6 Å². The van der Waals surface area contributed by atoms with Gasteiger partial charge in [0.2, 0.25) is 5.91 Å². The van der Waals surface area contributed by atoms with Crippen LogP contribution in [0, 0.1) is 11.6 Å². The number of pyridine rings is 1. The summed E-state index contributed by atoms with van der Waals surface area (Å²) in [6.45, 7) is 16.1. The highest BCUT2D eigenvalue weighted by Crippen LogP contribution is 2.42. The number of carbonyl (C=O) groups excluding carboxylic acids is 1. The van der Waals surface area contributed by atoms with E-state index in [4.69, 9.17) is 25.7 Å². The third kappa shape index (κ3) is 8.07. The molecular formula is C44H55ClF3N7O3Si. The Kier molecular flexibility index (Phi) is 11.5. The van der Waals surface area contributed by atoms with Crippen molar-refractivity contribution in [3.05, 3.63) is 65.3 Å². The molecule has 4 saturated heterocycles. The second-order valence-electron chi connectivity index (χ2n) is 18.3. The van der Waals surface area contributed by atoms with Gasteiger partial charge in [0.1, 0.15) is 35.6 Å². The number of aromatic nitrogens is 3. The van der Waals surface area contributed by atoms with Gasteiger partial charge in [-0.25, -0.2) is 13.2 Å². The normalized spacial score (nSPS) is 24.1. The molecule has 4 aliphatic heterocycles. The molecule has 59 heavy (non-hydrogen) atoms. The molecule has 8 rings (SSSR count). The standard InChI is InChI=1S/C44H55ClF3N7O3Si/c1-43(2,3)59(5,6)58-22-21-53-19-15-30(53)12-14-35(56)54-20-16-31(26-54)52(4)41-33-24-49-39(32-10-7-9-28-11-13-34(47)37(45)36(28)32)38(48)40(33)50-42(51-41)57-27-44-17-8-18-55(44)25-29(46)23-44/h7,9-14,24,29-31H,8,15-23,25-27H2,1-6H3/b14-12+/t29-,30+,31-,44+/m1/s1. The van der Waals surface area contributed by atoms with E-state index in [1.165, 1.54) is 12.3 Å². The number of rotatable bonds is 12. The lowest BCUT2D eigenvalue weighted by molar-refractivity contribution is -0.125. The van der Waals surface area contributed by atoms with Gasteiger partial charge >= 0.3 is 6.01 Å². The van der Waals surface area contributed by atoms with Crippen molar-refractivity contribution in [2.75, 3.05) is 64.4 Å². The number of carbonyl (C=O) groups is 1. The van der Waals surface area contributed by atoms with Gasteiger partial charge in [0, 0.05) is 88.1 Å². The SMILES string of the molecule is CN(c1nc(OC[C@@]23CCCN2C[C@H](F)C3)nc2c(F)c(-c3cccc4ccc(F)c(Cl)c34)ncc12)[C@@H]1CCN(C(=O)/C=C/[C@H]2CCN2CCO[Si](C)(C)C(C)(C)C)C1. The van der Waals surface area contributed by atoms with Crippen molar-refractivity contribution in [3.8, 4) is 17.3 Å². The highest BCUT2D eigenvalue weighted by atomic mass is 35.5. The number of likely N-dealkylation sites (N-methyl/N-ethyl adjacent to an activating group) is 1. The molecule has 4 atom stereocenters. The lowest BCUT2D eigenvalue weighted by atomic mass is 9.95. The van der Waals surface area contributed by atoms with Gasteiger partial charge in [-0.05, 0) is 61.8 Å². The number of fused-ring (bicyclic) bond motifs is 3. The number of benzene rings is 2. The summed E-state index contributed by atoms with van der Waals surface area (Å²) in [5.41, 5.74) is -0.200. The number of hydrogen-bond donors (Lipinski definition) is 0. The Labute approximate surface area is 350 Å². The molecule has 4 aromatic rings. The minimum absolute atomic E-state index is 0.0180. The summed E-state index contributed by atoms with van der Waals surface area (Å²) >= 11 is 6.46. The van der Waals surface area contributed by atoms with Crippen LogP contribution in [-0.2, 0) is 9.22 Å². The lowest BCUT2D eigenvalue weighted by Gasteiger charge is -2.41. The average molecular weight is 851 g/mol. The maximum atomic E-state index is 17.0. The van der Waals surface area contributed by atoms with Crippen molar-refractivity contribution in [3.63, 3.8) is 0 Å². The van der Waals surface area contributed by atoms with E-state index in [1.54, 1.807) is 30.3 Å². The van der Waals surface area contributed by atoms with Crippen LogP contribution in [0.4, 0.5) is 19.0 Å². The molecule has 6 heterocycles. The third-order valence-corrected chi connectivity index (χ3v) is 18.6. The number of hydrogen-bond acceptors (Lipinski definition) is 9. The first-order valence-electron chi connectivity index (χ1n) is 20.9. The zero-order chi connectivity index (χ0) is 41.9. The van der Waals surface area contributed by atoms with Gasteiger partial charge in [-0.15, -0.1) is 0 Å². The second-order valence-corrected chi connectivity index (χ2v) is 23.5. The molecule has 2 aromatic heterocycles. The summed E-state index contributed by atoms with van der Waals surface area (Å²) < 4.78 is 59.0. The van der Waals surface area contributed by atoms with E-state index in [2.05, 4.69) is 53.6 Å². The average Bonchev–Trinajstić information content (AvgIpc) is 3.91. The number of likely N-dealkylation sites (tertiary alicyclic amines) is 2. The largest absolute Gasteiger partial charge is 0.461 e. The fourth-order valence-electron chi connectivity index (χ4n) is 9.02. The van der Waals surface area contributed by atoms with E-state index in [9.17, 15) is 13.6 Å². The molecule has 0 unspecified atom stereocenters. The molecule has 1 amide bonds. The Morgan fingerprint density at radius 3 is 2.68 bits per heavy atom. The number of anilines is 1. The zero-order valence-electron chi connectivity index (χ0n) is 34.9. The van der Waals surface area contributed by atoms with Gasteiger partial charge in [0.15, 0.2) is 14.1 Å². The minimum atomic E-state index is -1.82. The molecule has 10 nitrogen and oxygen atoms in total. The van der Waals surface area contributed by atoms with Crippen molar-refractivity contribution in [1.29, 1.82) is 0 Å². The number of amides is 1. The Morgan fingerprint density at radius 1 is 1.10 bits per heavy atom. The molecule has 4 fully saturated rings. The van der Waals surface area contributed by atoms with Gasteiger partial charge in [-0.2, -0.15) is 9.97 Å². The van der Waals surface area contributed by atoms with Crippen LogP contribution < -0.4 is 9.64 Å². The number of halogens is 4. The first-order valence-corrected chi connectivity index (χ1v) is 24.2. The van der Waals surface area contributed by atoms with E-state index >= 15 is 4.39 Å². The predicted molar refractivity (Wildman–Crippen MR) is 229 cm³/mol. The Morgan fingerprint density at radius 2 is 1.92 bits per heavy atom. The van der Waals surface area contributed by atoms with Crippen LogP contribution in [-0.4, -0.2) is 127 Å². The van der Waals surface area contributed by atoms with E-state index in [-0.39, 0.29) is 51.9 Å². The Balaban J connectivity index is 1.03. The topological polar surface area (TPSA) is 87.2 Å². The molecule has 15 heteroatoms. The quantitative estimate of drug-likeness (QED) is 0.103. The fourth-order valence-corrected chi connectivity index (χ4v) is 10.3. The molecule has 316 valence electrons. The number of alkyl halides is 1. The molecule has 0 radical (unpaired) electrons. The van der Waals surface area contributed by atoms with Crippen molar-refractivity contribution in [1.82, 2.24) is 29.7 Å². The maximum Gasteiger partial charge on any atom is 0.319 e. The second kappa shape index (κ2) is 16.2. The lowest BCUT2D eigenvalue weighted by Crippen LogP contribution is -2.49. The molecule has 4 aliphatic rings. The van der Waals surface area contributed by atoms with Crippen LogP contribution in [0.15, 0.2) is 48.7 Å². The summed E-state index contributed by atoms with van der Waals surface area (Å²) in [6.07, 6.45) is 8.07. The van der Waals surface area contributed by atoms with Crippen LogP contribution in [0.5, 0.6) is 6.01 Å². The molecular weight excluding hydrogens is 795 g/mol. The van der Waals surface area contributed by atoms with E-state index in [1.807, 2.05) is 22.9 Å². The summed E-state index contributed by atoms with van der Waals surface area (Å²) in [7, 11) is 0.0523. The molecule has 2 aromatic carbocycles. The minimum Gasteiger partial charge on any atom is -0.461 e. The fraction of sp³-hybridized carbons (Fsp3) is 0.545. The van der Waals surface area contributed by atoms with Crippen molar-refractivity contribution < 1.29 is 27.1 Å². The highest BCUT2D eigenvalue weighted by Gasteiger charge is 2.49. The van der Waals surface area contributed by atoms with Gasteiger partial charge in [-0.1, -0.05) is 62.7 Å². The van der Waals surface area contributed by atoms with Gasteiger partial charge < -0.3 is 19.0 Å². The molecule has 0 saturated carbocycles. The van der Waals surface area contributed by atoms with Gasteiger partial charge in [0.05, 0.1) is 15.9 Å². The first-order chi connectivity index (χ1) is 28.0. The van der Waals surface area contributed by atoms with Crippen LogP contribution >= 0.6 is 11.6 Å². The molecule has 0 bridgehead atoms. The van der Waals surface area contributed by atoms with Crippen LogP contribution in [0.3, 0.4) is 0 Å². The zero-order valence-corrected chi connectivity index (χ0v) is 36.7. The third-order valence-electron chi connectivity index (χ3n) is 13.7. The summed E-state index contributed by atoms with van der Waals surface area (Å²) in [6, 6.07) is 8.09. The first kappa shape index (κ1) is 41.9. The van der Waals surface area contributed by atoms with Crippen LogP contribution in [0.25, 0.3) is 32.9 Å². The number of ether oxygens (including phenoxy) is 1. The maximum absolute atomic E-state index is 17.0. The molecule has 0 N–H and O–H groups in total. The summed E-state index contributed by atoms with van der Waals surface area (Å²) in [5, 5.41) is 1.37. The number of nitrogens with zero attached hydrogens (tertiary/aromatic N) is 7. The van der Waals surface area contributed by atoms with Gasteiger partial charge in [0.25, 0.3) is 0 Å². The smallest absolute Gasteiger partial charge is 0.319 e. The Bertz CT molecular complexity index is 2280. The Hall–Kier alpha value is -3.82. The van der Waals surface area contributed by atoms with Crippen molar-refractivity contribution >= 4 is 53.3 Å².